The molecule has 1 amide bonds. The van der Waals surface area contributed by atoms with Crippen molar-refractivity contribution < 1.29 is 9.53 Å². The van der Waals surface area contributed by atoms with E-state index < -0.39 is 0 Å². The zero-order valence-corrected chi connectivity index (χ0v) is 16.7. The van der Waals surface area contributed by atoms with Gasteiger partial charge in [0, 0.05) is 6.54 Å². The smallest absolute Gasteiger partial charge is 0.246 e. The summed E-state index contributed by atoms with van der Waals surface area (Å²) in [6, 6.07) is 18.7. The van der Waals surface area contributed by atoms with Crippen LogP contribution in [0.25, 0.3) is 10.2 Å². The van der Waals surface area contributed by atoms with Crippen molar-refractivity contribution in [3.05, 3.63) is 65.2 Å². The summed E-state index contributed by atoms with van der Waals surface area (Å²) >= 11 is 1.61. The lowest BCUT2D eigenvalue weighted by atomic mass is 10.1. The van der Waals surface area contributed by atoms with Crippen molar-refractivity contribution in [3.63, 3.8) is 0 Å². The fourth-order valence-corrected chi connectivity index (χ4v) is 4.57. The van der Waals surface area contributed by atoms with E-state index in [1.165, 1.54) is 18.4 Å². The molecule has 1 fully saturated rings. The van der Waals surface area contributed by atoms with E-state index >= 15 is 0 Å². The molecule has 1 aliphatic heterocycles. The van der Waals surface area contributed by atoms with Crippen LogP contribution in [0.5, 0.6) is 0 Å². The molecule has 1 unspecified atom stereocenters. The van der Waals surface area contributed by atoms with Crippen molar-refractivity contribution in [2.75, 3.05) is 26.2 Å². The maximum Gasteiger partial charge on any atom is 0.246 e. The minimum absolute atomic E-state index is 0.0530. The maximum atomic E-state index is 12.3. The maximum absolute atomic E-state index is 12.3. The van der Waals surface area contributed by atoms with Gasteiger partial charge >= 0.3 is 0 Å². The molecule has 0 saturated carbocycles. The Balaban J connectivity index is 1.27. The molecule has 1 aliphatic rings. The van der Waals surface area contributed by atoms with Crippen molar-refractivity contribution in [2.24, 2.45) is 0 Å². The third kappa shape index (κ3) is 4.76. The number of rotatable bonds is 8. The molecule has 6 heteroatoms. The Kier molecular flexibility index (Phi) is 6.31. The molecule has 2 heterocycles. The highest BCUT2D eigenvalue weighted by Crippen LogP contribution is 2.24. The number of fused-ring (bicyclic) bond motifs is 1. The standard InChI is InChI=1S/C22H25N3O2S/c26-21(15-27-16-22-24-18-10-4-5-11-20(18)28-22)23-14-19(25-12-6-7-13-25)17-8-2-1-3-9-17/h1-5,8-11,19H,6-7,12-16H2,(H,23,26). The van der Waals surface area contributed by atoms with E-state index in [0.717, 1.165) is 28.3 Å². The van der Waals surface area contributed by atoms with Gasteiger partial charge in [0.05, 0.1) is 22.9 Å². The minimum Gasteiger partial charge on any atom is -0.364 e. The van der Waals surface area contributed by atoms with Gasteiger partial charge in [-0.25, -0.2) is 4.98 Å². The van der Waals surface area contributed by atoms with Crippen molar-refractivity contribution in [2.45, 2.75) is 25.5 Å². The number of carbonyl (C=O) groups is 1. The second-order valence-electron chi connectivity index (χ2n) is 7.04. The lowest BCUT2D eigenvalue weighted by Crippen LogP contribution is -2.38. The van der Waals surface area contributed by atoms with Crippen LogP contribution in [0.1, 0.15) is 29.5 Å². The number of amides is 1. The van der Waals surface area contributed by atoms with Crippen molar-refractivity contribution in [3.8, 4) is 0 Å². The van der Waals surface area contributed by atoms with Gasteiger partial charge in [-0.3, -0.25) is 9.69 Å². The summed E-state index contributed by atoms with van der Waals surface area (Å²) in [6.45, 7) is 3.19. The molecular weight excluding hydrogens is 370 g/mol. The molecule has 1 atom stereocenters. The lowest BCUT2D eigenvalue weighted by Gasteiger charge is -2.28. The first-order chi connectivity index (χ1) is 13.8. The van der Waals surface area contributed by atoms with E-state index in [4.69, 9.17) is 4.74 Å². The summed E-state index contributed by atoms with van der Waals surface area (Å²) in [5.74, 6) is -0.0822. The number of nitrogens with one attached hydrogen (secondary N) is 1. The Morgan fingerprint density at radius 3 is 2.64 bits per heavy atom. The Morgan fingerprint density at radius 2 is 1.86 bits per heavy atom. The summed E-state index contributed by atoms with van der Waals surface area (Å²) in [7, 11) is 0. The molecule has 5 nitrogen and oxygen atoms in total. The molecule has 3 aromatic rings. The minimum atomic E-state index is -0.0822. The number of likely N-dealkylation sites (tertiary alicyclic amines) is 1. The summed E-state index contributed by atoms with van der Waals surface area (Å²) < 4.78 is 6.74. The molecular formula is C22H25N3O2S. The van der Waals surface area contributed by atoms with E-state index in [1.54, 1.807) is 11.3 Å². The van der Waals surface area contributed by atoms with Crippen LogP contribution in [-0.2, 0) is 16.1 Å². The van der Waals surface area contributed by atoms with Crippen LogP contribution >= 0.6 is 11.3 Å². The van der Waals surface area contributed by atoms with Gasteiger partial charge in [-0.15, -0.1) is 11.3 Å². The van der Waals surface area contributed by atoms with Crippen molar-refractivity contribution in [1.82, 2.24) is 15.2 Å². The third-order valence-corrected chi connectivity index (χ3v) is 6.07. The highest BCUT2D eigenvalue weighted by Gasteiger charge is 2.23. The molecule has 146 valence electrons. The van der Waals surface area contributed by atoms with Gasteiger partial charge in [-0.2, -0.15) is 0 Å². The van der Waals surface area contributed by atoms with Crippen LogP contribution in [-0.4, -0.2) is 42.0 Å². The molecule has 1 N–H and O–H groups in total. The molecule has 0 aliphatic carbocycles. The van der Waals surface area contributed by atoms with Crippen molar-refractivity contribution >= 4 is 27.5 Å². The number of ether oxygens (including phenoxy) is 1. The molecule has 0 spiro atoms. The largest absolute Gasteiger partial charge is 0.364 e. The molecule has 1 aromatic heterocycles. The number of para-hydroxylation sites is 1. The first kappa shape index (κ1) is 19.1. The zero-order chi connectivity index (χ0) is 19.2. The second-order valence-corrected chi connectivity index (χ2v) is 8.16. The molecule has 28 heavy (non-hydrogen) atoms. The highest BCUT2D eigenvalue weighted by atomic mass is 32.1. The molecule has 0 bridgehead atoms. The van der Waals surface area contributed by atoms with Gasteiger partial charge in [0.25, 0.3) is 0 Å². The number of benzene rings is 2. The van der Waals surface area contributed by atoms with E-state index in [9.17, 15) is 4.79 Å². The van der Waals surface area contributed by atoms with Crippen molar-refractivity contribution in [1.29, 1.82) is 0 Å². The number of thiazole rings is 1. The molecule has 4 rings (SSSR count). The topological polar surface area (TPSA) is 54.5 Å². The van der Waals surface area contributed by atoms with Gasteiger partial charge in [0.15, 0.2) is 0 Å². The first-order valence-corrected chi connectivity index (χ1v) is 10.6. The van der Waals surface area contributed by atoms with Gasteiger partial charge in [0.2, 0.25) is 5.91 Å². The van der Waals surface area contributed by atoms with Gasteiger partial charge in [-0.1, -0.05) is 42.5 Å². The van der Waals surface area contributed by atoms with Crippen LogP contribution < -0.4 is 5.32 Å². The van der Waals surface area contributed by atoms with E-state index in [1.807, 2.05) is 30.3 Å². The normalized spacial score (nSPS) is 15.7. The predicted octanol–water partition coefficient (Wildman–Crippen LogP) is 3.77. The number of nitrogens with zero attached hydrogens (tertiary/aromatic N) is 2. The van der Waals surface area contributed by atoms with Crippen LogP contribution in [0, 0.1) is 0 Å². The Hall–Kier alpha value is -2.28. The number of carbonyl (C=O) groups excluding carboxylic acids is 1. The van der Waals surface area contributed by atoms with Crippen LogP contribution in [0.3, 0.4) is 0 Å². The summed E-state index contributed by atoms with van der Waals surface area (Å²) in [5, 5.41) is 3.94. The Labute approximate surface area is 169 Å². The average molecular weight is 396 g/mol. The monoisotopic (exact) mass is 395 g/mol. The highest BCUT2D eigenvalue weighted by molar-refractivity contribution is 7.18. The van der Waals surface area contributed by atoms with Gasteiger partial charge in [0.1, 0.15) is 11.6 Å². The number of aromatic nitrogens is 1. The SMILES string of the molecule is O=C(COCc1nc2ccccc2s1)NCC(c1ccccc1)N1CCCC1. The quantitative estimate of drug-likeness (QED) is 0.631. The number of hydrogen-bond acceptors (Lipinski definition) is 5. The fraction of sp³-hybridized carbons (Fsp3) is 0.364. The number of hydrogen-bond donors (Lipinski definition) is 1. The summed E-state index contributed by atoms with van der Waals surface area (Å²) in [5.41, 5.74) is 2.23. The van der Waals surface area contributed by atoms with E-state index in [2.05, 4.69) is 39.5 Å². The second kappa shape index (κ2) is 9.28. The zero-order valence-electron chi connectivity index (χ0n) is 15.8. The van der Waals surface area contributed by atoms with Crippen LogP contribution in [0.15, 0.2) is 54.6 Å². The summed E-state index contributed by atoms with van der Waals surface area (Å²) in [6.07, 6.45) is 2.45. The Bertz CT molecular complexity index is 873. The van der Waals surface area contributed by atoms with Crippen LogP contribution in [0.2, 0.25) is 0 Å². The van der Waals surface area contributed by atoms with Gasteiger partial charge < -0.3 is 10.1 Å². The molecule has 2 aromatic carbocycles. The fourth-order valence-electron chi connectivity index (χ4n) is 3.66. The molecule has 1 saturated heterocycles. The van der Waals surface area contributed by atoms with Crippen LogP contribution in [0.4, 0.5) is 0 Å². The third-order valence-electron chi connectivity index (χ3n) is 5.06. The molecule has 0 radical (unpaired) electrons. The lowest BCUT2D eigenvalue weighted by molar-refractivity contribution is -0.126. The first-order valence-electron chi connectivity index (χ1n) is 9.77. The average Bonchev–Trinajstić information content (AvgIpc) is 3.38. The summed E-state index contributed by atoms with van der Waals surface area (Å²) in [4.78, 5) is 19.3. The van der Waals surface area contributed by atoms with E-state index in [-0.39, 0.29) is 18.6 Å². The Morgan fingerprint density at radius 1 is 1.11 bits per heavy atom. The predicted molar refractivity (Wildman–Crippen MR) is 112 cm³/mol. The van der Waals surface area contributed by atoms with E-state index in [0.29, 0.717) is 13.2 Å². The van der Waals surface area contributed by atoms with Gasteiger partial charge in [-0.05, 0) is 43.6 Å².